The molecule has 2 bridgehead atoms. The molecule has 0 unspecified atom stereocenters. The Bertz CT molecular complexity index is 246. The van der Waals surface area contributed by atoms with Gasteiger partial charge >= 0.3 is 0 Å². The third kappa shape index (κ3) is 1.05. The van der Waals surface area contributed by atoms with Gasteiger partial charge in [-0.15, -0.1) is 0 Å². The number of ether oxygens (including phenoxy) is 1. The molecular formula is C13H22O. The molecule has 0 aromatic rings. The molecular weight excluding hydrogens is 172 g/mol. The van der Waals surface area contributed by atoms with Gasteiger partial charge < -0.3 is 4.74 Å². The lowest BCUT2D eigenvalue weighted by Crippen LogP contribution is -2.59. The largest absolute Gasteiger partial charge is 0.375 e. The maximum atomic E-state index is 6.08. The first kappa shape index (κ1) is 9.21. The molecule has 14 heavy (non-hydrogen) atoms. The topological polar surface area (TPSA) is 9.23 Å². The molecule has 0 aromatic heterocycles. The van der Waals surface area contributed by atoms with Gasteiger partial charge in [-0.25, -0.2) is 0 Å². The standard InChI is InChI=1S/C13H22O/c1-8-4-5-10-11-6-9(13(11,2)3)7-12(10)14-8/h8-12H,4-7H2,1-3H3/t8-,9-,10-,11+,12+/m1/s1. The average Bonchev–Trinajstić information content (AvgIpc) is 2.16. The number of hydrogen-bond donors (Lipinski definition) is 0. The predicted octanol–water partition coefficient (Wildman–Crippen LogP) is 3.24. The van der Waals surface area contributed by atoms with Gasteiger partial charge in [-0.3, -0.25) is 0 Å². The zero-order chi connectivity index (χ0) is 9.92. The van der Waals surface area contributed by atoms with Crippen LogP contribution in [0.3, 0.4) is 0 Å². The van der Waals surface area contributed by atoms with Gasteiger partial charge in [-0.1, -0.05) is 13.8 Å². The molecule has 1 heterocycles. The minimum Gasteiger partial charge on any atom is -0.375 e. The molecule has 4 aliphatic rings. The molecule has 0 N–H and O–H groups in total. The fourth-order valence-electron chi connectivity index (χ4n) is 4.23. The first-order valence-electron chi connectivity index (χ1n) is 6.24. The van der Waals surface area contributed by atoms with E-state index in [9.17, 15) is 0 Å². The van der Waals surface area contributed by atoms with Crippen LogP contribution in [0.2, 0.25) is 0 Å². The maximum absolute atomic E-state index is 6.08. The fraction of sp³-hybridized carbons (Fsp3) is 1.00. The minimum absolute atomic E-state index is 0.525. The van der Waals surface area contributed by atoms with Gasteiger partial charge in [-0.2, -0.15) is 0 Å². The van der Waals surface area contributed by atoms with E-state index in [0.717, 1.165) is 17.8 Å². The van der Waals surface area contributed by atoms with Crippen LogP contribution in [0.25, 0.3) is 0 Å². The Balaban J connectivity index is 1.79. The summed E-state index contributed by atoms with van der Waals surface area (Å²) in [6, 6.07) is 0. The molecule has 0 aromatic carbocycles. The van der Waals surface area contributed by atoms with Gasteiger partial charge in [0.15, 0.2) is 0 Å². The monoisotopic (exact) mass is 194 g/mol. The Hall–Kier alpha value is -0.0400. The second-order valence-corrected chi connectivity index (χ2v) is 6.32. The molecule has 80 valence electrons. The van der Waals surface area contributed by atoms with Crippen molar-refractivity contribution >= 4 is 0 Å². The van der Waals surface area contributed by atoms with Crippen LogP contribution in [-0.4, -0.2) is 12.2 Å². The second kappa shape index (κ2) is 2.75. The molecule has 0 spiro atoms. The normalized spacial score (nSPS) is 54.6. The third-order valence-electron chi connectivity index (χ3n) is 5.37. The van der Waals surface area contributed by atoms with Crippen molar-refractivity contribution in [2.45, 2.75) is 58.7 Å². The van der Waals surface area contributed by atoms with E-state index in [2.05, 4.69) is 20.8 Å². The van der Waals surface area contributed by atoms with E-state index in [4.69, 9.17) is 4.74 Å². The zero-order valence-electron chi connectivity index (χ0n) is 9.62. The number of rotatable bonds is 0. The van der Waals surface area contributed by atoms with Gasteiger partial charge in [0.2, 0.25) is 0 Å². The van der Waals surface area contributed by atoms with Crippen molar-refractivity contribution < 1.29 is 4.74 Å². The van der Waals surface area contributed by atoms with Gasteiger partial charge in [0.25, 0.3) is 0 Å². The smallest absolute Gasteiger partial charge is 0.0612 e. The van der Waals surface area contributed by atoms with E-state index in [1.807, 2.05) is 0 Å². The van der Waals surface area contributed by atoms with Crippen molar-refractivity contribution in [1.29, 1.82) is 0 Å². The molecule has 1 nitrogen and oxygen atoms in total. The molecule has 0 amide bonds. The van der Waals surface area contributed by atoms with Crippen molar-refractivity contribution in [3.8, 4) is 0 Å². The van der Waals surface area contributed by atoms with Crippen LogP contribution in [0.5, 0.6) is 0 Å². The van der Waals surface area contributed by atoms with Crippen LogP contribution in [0.1, 0.15) is 46.5 Å². The summed E-state index contributed by atoms with van der Waals surface area (Å²) in [5, 5.41) is 0. The molecule has 1 heteroatoms. The molecule has 1 saturated heterocycles. The fourth-order valence-corrected chi connectivity index (χ4v) is 4.23. The number of hydrogen-bond acceptors (Lipinski definition) is 1. The quantitative estimate of drug-likeness (QED) is 0.575. The molecule has 3 saturated carbocycles. The summed E-state index contributed by atoms with van der Waals surface area (Å²) in [4.78, 5) is 0. The Morgan fingerprint density at radius 1 is 1.14 bits per heavy atom. The maximum Gasteiger partial charge on any atom is 0.0612 e. The summed E-state index contributed by atoms with van der Waals surface area (Å²) in [7, 11) is 0. The van der Waals surface area contributed by atoms with Crippen LogP contribution in [0, 0.1) is 23.2 Å². The summed E-state index contributed by atoms with van der Waals surface area (Å²) in [6.45, 7) is 7.18. The van der Waals surface area contributed by atoms with Crippen LogP contribution in [-0.2, 0) is 4.74 Å². The highest BCUT2D eigenvalue weighted by Crippen LogP contribution is 2.63. The Morgan fingerprint density at radius 2 is 1.93 bits per heavy atom. The first-order valence-corrected chi connectivity index (χ1v) is 6.24. The predicted molar refractivity (Wildman–Crippen MR) is 57.1 cm³/mol. The van der Waals surface area contributed by atoms with E-state index in [0.29, 0.717) is 17.6 Å². The van der Waals surface area contributed by atoms with Gasteiger partial charge in [0, 0.05) is 0 Å². The Labute approximate surface area is 87.2 Å². The summed E-state index contributed by atoms with van der Waals surface area (Å²) in [5.74, 6) is 2.82. The zero-order valence-corrected chi connectivity index (χ0v) is 9.62. The first-order chi connectivity index (χ1) is 6.59. The minimum atomic E-state index is 0.525. The summed E-state index contributed by atoms with van der Waals surface area (Å²) < 4.78 is 6.08. The highest BCUT2D eigenvalue weighted by atomic mass is 16.5. The van der Waals surface area contributed by atoms with Crippen molar-refractivity contribution in [2.24, 2.45) is 23.2 Å². The second-order valence-electron chi connectivity index (χ2n) is 6.32. The van der Waals surface area contributed by atoms with Gasteiger partial charge in [0.1, 0.15) is 0 Å². The van der Waals surface area contributed by atoms with E-state index >= 15 is 0 Å². The highest BCUT2D eigenvalue weighted by Gasteiger charge is 2.58. The molecule has 4 rings (SSSR count). The molecule has 1 aliphatic heterocycles. The molecule has 5 atom stereocenters. The molecule has 0 radical (unpaired) electrons. The Kier molecular flexibility index (Phi) is 1.81. The van der Waals surface area contributed by atoms with E-state index in [1.165, 1.54) is 25.7 Å². The van der Waals surface area contributed by atoms with E-state index in [-0.39, 0.29) is 0 Å². The third-order valence-corrected chi connectivity index (χ3v) is 5.37. The molecule has 4 fully saturated rings. The van der Waals surface area contributed by atoms with Gasteiger partial charge in [0.05, 0.1) is 12.2 Å². The van der Waals surface area contributed by atoms with Crippen molar-refractivity contribution in [3.05, 3.63) is 0 Å². The highest BCUT2D eigenvalue weighted by molar-refractivity contribution is 5.07. The Morgan fingerprint density at radius 3 is 2.64 bits per heavy atom. The summed E-state index contributed by atoms with van der Waals surface area (Å²) in [5.41, 5.74) is 0.630. The van der Waals surface area contributed by atoms with Crippen LogP contribution < -0.4 is 0 Å². The van der Waals surface area contributed by atoms with Crippen LogP contribution in [0.15, 0.2) is 0 Å². The van der Waals surface area contributed by atoms with E-state index < -0.39 is 0 Å². The molecule has 3 aliphatic carbocycles. The SMILES string of the molecule is C[C@@H]1CC[C@H]2[C@H](C[C@H]3C[C@@H]2C3(C)C)O1. The lowest BCUT2D eigenvalue weighted by atomic mass is 9.44. The van der Waals surface area contributed by atoms with Crippen molar-refractivity contribution in [2.75, 3.05) is 0 Å². The van der Waals surface area contributed by atoms with Crippen LogP contribution >= 0.6 is 0 Å². The van der Waals surface area contributed by atoms with Gasteiger partial charge in [-0.05, 0) is 55.8 Å². The lowest BCUT2D eigenvalue weighted by Gasteiger charge is -2.63. The van der Waals surface area contributed by atoms with E-state index in [1.54, 1.807) is 0 Å². The summed E-state index contributed by atoms with van der Waals surface area (Å²) >= 11 is 0. The van der Waals surface area contributed by atoms with Crippen molar-refractivity contribution in [3.63, 3.8) is 0 Å². The average molecular weight is 194 g/mol. The van der Waals surface area contributed by atoms with Crippen molar-refractivity contribution in [1.82, 2.24) is 0 Å². The lowest BCUT2D eigenvalue weighted by molar-refractivity contribution is -0.211. The van der Waals surface area contributed by atoms with Crippen LogP contribution in [0.4, 0.5) is 0 Å². The summed E-state index contributed by atoms with van der Waals surface area (Å²) in [6.07, 6.45) is 6.70.